The van der Waals surface area contributed by atoms with Crippen molar-refractivity contribution in [3.05, 3.63) is 30.3 Å². The Morgan fingerprint density at radius 3 is 2.22 bits per heavy atom. The van der Waals surface area contributed by atoms with Crippen molar-refractivity contribution in [1.29, 1.82) is 0 Å². The first-order chi connectivity index (χ1) is 8.49. The van der Waals surface area contributed by atoms with E-state index in [0.717, 1.165) is 0 Å². The Hall–Kier alpha value is -2.57. The highest BCUT2D eigenvalue weighted by Gasteiger charge is 2.22. The maximum absolute atomic E-state index is 11.4. The van der Waals surface area contributed by atoms with Crippen molar-refractivity contribution in [3.8, 4) is 0 Å². The first-order valence-corrected chi connectivity index (χ1v) is 5.06. The fourth-order valence-electron chi connectivity index (χ4n) is 1.22. The van der Waals surface area contributed by atoms with Crippen LogP contribution in [0.3, 0.4) is 0 Å². The van der Waals surface area contributed by atoms with Crippen LogP contribution in [0.5, 0.6) is 0 Å². The molecule has 18 heavy (non-hydrogen) atoms. The van der Waals surface area contributed by atoms with Crippen LogP contribution in [0.15, 0.2) is 30.3 Å². The quantitative estimate of drug-likeness (QED) is 0.616. The summed E-state index contributed by atoms with van der Waals surface area (Å²) in [6.45, 7) is 0. The third kappa shape index (κ3) is 4.52. The average molecular weight is 252 g/mol. The minimum atomic E-state index is -1.47. The normalized spacial score (nSPS) is 11.3. The van der Waals surface area contributed by atoms with Crippen molar-refractivity contribution < 1.29 is 24.6 Å². The highest BCUT2D eigenvalue weighted by molar-refractivity contribution is 5.93. The van der Waals surface area contributed by atoms with Crippen LogP contribution in [-0.2, 0) is 9.59 Å². The number of hydrogen-bond donors (Lipinski definition) is 4. The van der Waals surface area contributed by atoms with Crippen molar-refractivity contribution in [2.24, 2.45) is 0 Å². The molecule has 0 spiro atoms. The molecule has 0 saturated heterocycles. The number of para-hydroxylation sites is 1. The molecule has 0 aliphatic rings. The topological polar surface area (TPSA) is 116 Å². The molecule has 1 atom stereocenters. The maximum Gasteiger partial charge on any atom is 0.326 e. The number of hydrogen-bond acceptors (Lipinski definition) is 3. The molecule has 4 N–H and O–H groups in total. The first-order valence-electron chi connectivity index (χ1n) is 5.06. The number of carboxylic acid groups (broad SMARTS) is 2. The number of urea groups is 1. The van der Waals surface area contributed by atoms with E-state index in [9.17, 15) is 14.4 Å². The standard InChI is InChI=1S/C11H12N2O5/c14-9(15)6-8(10(16)17)13-11(18)12-7-4-2-1-3-5-7/h1-5,8H,6H2,(H,14,15)(H,16,17)(H2,12,13,18)/t8-/m0/s1. The second kappa shape index (κ2) is 6.24. The zero-order valence-corrected chi connectivity index (χ0v) is 9.29. The van der Waals surface area contributed by atoms with E-state index < -0.39 is 30.4 Å². The molecule has 0 radical (unpaired) electrons. The summed E-state index contributed by atoms with van der Waals surface area (Å²) in [4.78, 5) is 32.6. The molecule has 1 rings (SSSR count). The van der Waals surface area contributed by atoms with Gasteiger partial charge in [0.25, 0.3) is 0 Å². The summed E-state index contributed by atoms with van der Waals surface area (Å²) >= 11 is 0. The van der Waals surface area contributed by atoms with Crippen molar-refractivity contribution in [2.75, 3.05) is 5.32 Å². The lowest BCUT2D eigenvalue weighted by molar-refractivity contribution is -0.145. The molecule has 0 aromatic heterocycles. The molecule has 2 amide bonds. The van der Waals surface area contributed by atoms with Crippen LogP contribution in [0.25, 0.3) is 0 Å². The molecular weight excluding hydrogens is 240 g/mol. The SMILES string of the molecule is O=C(O)C[C@H](NC(=O)Nc1ccccc1)C(=O)O. The summed E-state index contributed by atoms with van der Waals surface area (Å²) < 4.78 is 0. The number of carbonyl (C=O) groups is 3. The van der Waals surface area contributed by atoms with Gasteiger partial charge in [-0.25, -0.2) is 9.59 Å². The molecule has 0 bridgehead atoms. The maximum atomic E-state index is 11.4. The zero-order chi connectivity index (χ0) is 13.5. The van der Waals surface area contributed by atoms with Gasteiger partial charge in [-0.15, -0.1) is 0 Å². The van der Waals surface area contributed by atoms with E-state index in [1.807, 2.05) is 0 Å². The highest BCUT2D eigenvalue weighted by atomic mass is 16.4. The number of aliphatic carboxylic acids is 2. The first kappa shape index (κ1) is 13.5. The smallest absolute Gasteiger partial charge is 0.326 e. The van der Waals surface area contributed by atoms with Crippen LogP contribution >= 0.6 is 0 Å². The monoisotopic (exact) mass is 252 g/mol. The zero-order valence-electron chi connectivity index (χ0n) is 9.29. The molecule has 1 aromatic carbocycles. The van der Waals surface area contributed by atoms with Crippen LogP contribution in [0.4, 0.5) is 10.5 Å². The third-order valence-electron chi connectivity index (χ3n) is 2.01. The molecule has 7 heteroatoms. The summed E-state index contributed by atoms with van der Waals surface area (Å²) in [5.41, 5.74) is 0.481. The Kier molecular flexibility index (Phi) is 4.67. The fourth-order valence-corrected chi connectivity index (χ4v) is 1.22. The van der Waals surface area contributed by atoms with E-state index in [4.69, 9.17) is 10.2 Å². The number of carbonyl (C=O) groups excluding carboxylic acids is 1. The highest BCUT2D eigenvalue weighted by Crippen LogP contribution is 2.04. The molecule has 0 heterocycles. The number of anilines is 1. The molecule has 0 saturated carbocycles. The largest absolute Gasteiger partial charge is 0.481 e. The Labute approximate surface area is 102 Å². The van der Waals surface area contributed by atoms with Crippen LogP contribution in [0.1, 0.15) is 6.42 Å². The lowest BCUT2D eigenvalue weighted by Crippen LogP contribution is -2.44. The Balaban J connectivity index is 2.56. The summed E-state index contributed by atoms with van der Waals surface area (Å²) in [6, 6.07) is 6.15. The van der Waals surface area contributed by atoms with Crippen molar-refractivity contribution in [2.45, 2.75) is 12.5 Å². The lowest BCUT2D eigenvalue weighted by Gasteiger charge is -2.13. The minimum Gasteiger partial charge on any atom is -0.481 e. The van der Waals surface area contributed by atoms with Crippen LogP contribution in [0, 0.1) is 0 Å². The number of nitrogens with one attached hydrogen (secondary N) is 2. The van der Waals surface area contributed by atoms with Gasteiger partial charge in [-0.1, -0.05) is 18.2 Å². The predicted molar refractivity (Wildman–Crippen MR) is 62.3 cm³/mol. The summed E-state index contributed by atoms with van der Waals surface area (Å²) in [7, 11) is 0. The Bertz CT molecular complexity index is 446. The van der Waals surface area contributed by atoms with Gasteiger partial charge in [0.05, 0.1) is 6.42 Å². The molecule has 1 aromatic rings. The van der Waals surface area contributed by atoms with E-state index in [0.29, 0.717) is 5.69 Å². The van der Waals surface area contributed by atoms with Crippen molar-refractivity contribution >= 4 is 23.7 Å². The van der Waals surface area contributed by atoms with E-state index in [2.05, 4.69) is 10.6 Å². The summed E-state index contributed by atoms with van der Waals surface area (Å²) in [5.74, 6) is -2.71. The van der Waals surface area contributed by atoms with Gasteiger partial charge in [0, 0.05) is 5.69 Å². The molecule has 0 aliphatic heterocycles. The number of benzene rings is 1. The van der Waals surface area contributed by atoms with Crippen LogP contribution in [-0.4, -0.2) is 34.2 Å². The molecule has 96 valence electrons. The van der Waals surface area contributed by atoms with E-state index in [-0.39, 0.29) is 0 Å². The number of carboxylic acids is 2. The Morgan fingerprint density at radius 2 is 1.72 bits per heavy atom. The molecule has 7 nitrogen and oxygen atoms in total. The van der Waals surface area contributed by atoms with Gasteiger partial charge in [0.1, 0.15) is 6.04 Å². The minimum absolute atomic E-state index is 0.481. The van der Waals surface area contributed by atoms with Crippen molar-refractivity contribution in [1.82, 2.24) is 5.32 Å². The second-order valence-corrected chi connectivity index (χ2v) is 3.45. The van der Waals surface area contributed by atoms with Gasteiger partial charge in [0.2, 0.25) is 0 Å². The number of rotatable bonds is 5. The summed E-state index contributed by atoms with van der Waals surface area (Å²) in [6.07, 6.45) is -0.683. The van der Waals surface area contributed by atoms with Gasteiger partial charge in [-0.2, -0.15) is 0 Å². The van der Waals surface area contributed by atoms with Crippen molar-refractivity contribution in [3.63, 3.8) is 0 Å². The molecule has 0 aliphatic carbocycles. The van der Waals surface area contributed by atoms with Gasteiger partial charge >= 0.3 is 18.0 Å². The van der Waals surface area contributed by atoms with Gasteiger partial charge < -0.3 is 20.8 Å². The summed E-state index contributed by atoms with van der Waals surface area (Å²) in [5, 5.41) is 21.7. The molecular formula is C11H12N2O5. The average Bonchev–Trinajstić information content (AvgIpc) is 2.28. The third-order valence-corrected chi connectivity index (χ3v) is 2.01. The molecule has 0 fully saturated rings. The fraction of sp³-hybridized carbons (Fsp3) is 0.182. The van der Waals surface area contributed by atoms with Gasteiger partial charge in [-0.05, 0) is 12.1 Å². The molecule has 0 unspecified atom stereocenters. The second-order valence-electron chi connectivity index (χ2n) is 3.45. The van der Waals surface area contributed by atoms with Gasteiger partial charge in [-0.3, -0.25) is 4.79 Å². The van der Waals surface area contributed by atoms with Gasteiger partial charge in [0.15, 0.2) is 0 Å². The number of amides is 2. The van der Waals surface area contributed by atoms with E-state index in [1.165, 1.54) is 0 Å². The van der Waals surface area contributed by atoms with E-state index >= 15 is 0 Å². The predicted octanol–water partition coefficient (Wildman–Crippen LogP) is 0.736. The van der Waals surface area contributed by atoms with Crippen LogP contribution in [0.2, 0.25) is 0 Å². The van der Waals surface area contributed by atoms with Crippen LogP contribution < -0.4 is 10.6 Å². The lowest BCUT2D eigenvalue weighted by atomic mass is 10.2. The van der Waals surface area contributed by atoms with E-state index in [1.54, 1.807) is 30.3 Å². The Morgan fingerprint density at radius 1 is 1.11 bits per heavy atom.